The second-order valence-electron chi connectivity index (χ2n) is 3.24. The molecule has 0 bridgehead atoms. The van der Waals surface area contributed by atoms with Crippen molar-refractivity contribution in [2.24, 2.45) is 0 Å². The van der Waals surface area contributed by atoms with Gasteiger partial charge < -0.3 is 4.74 Å². The van der Waals surface area contributed by atoms with E-state index in [2.05, 4.69) is 0 Å². The Labute approximate surface area is 60.9 Å². The molecule has 0 aliphatic carbocycles. The summed E-state index contributed by atoms with van der Waals surface area (Å²) in [6.45, 7) is 5.60. The van der Waals surface area contributed by atoms with Crippen LogP contribution < -0.4 is 0 Å². The Balaban J connectivity index is 2.79. The van der Waals surface area contributed by atoms with Crippen molar-refractivity contribution in [3.05, 3.63) is 11.6 Å². The van der Waals surface area contributed by atoms with Gasteiger partial charge in [-0.1, -0.05) is 6.08 Å². The summed E-state index contributed by atoms with van der Waals surface area (Å²) in [6.07, 6.45) is 2.75. The molecule has 0 aromatic carbocycles. The van der Waals surface area contributed by atoms with Crippen LogP contribution >= 0.6 is 0 Å². The van der Waals surface area contributed by atoms with Gasteiger partial charge in [0.25, 0.3) is 0 Å². The third-order valence-corrected chi connectivity index (χ3v) is 1.59. The second kappa shape index (κ2) is 2.11. The SMILES string of the molecule is CC1=CCC(C)(C)OC1=O. The van der Waals surface area contributed by atoms with Crippen LogP contribution in [0.3, 0.4) is 0 Å². The molecule has 0 aromatic heterocycles. The summed E-state index contributed by atoms with van der Waals surface area (Å²) < 4.78 is 5.08. The summed E-state index contributed by atoms with van der Waals surface area (Å²) in [5.74, 6) is -0.184. The molecular formula is C8H12O2. The van der Waals surface area contributed by atoms with Gasteiger partial charge in [-0.15, -0.1) is 0 Å². The summed E-state index contributed by atoms with van der Waals surface area (Å²) in [5.41, 5.74) is 0.427. The molecule has 0 aromatic rings. The summed E-state index contributed by atoms with van der Waals surface area (Å²) in [6, 6.07) is 0. The van der Waals surface area contributed by atoms with Crippen LogP contribution in [0.15, 0.2) is 11.6 Å². The van der Waals surface area contributed by atoms with Crippen LogP contribution in [0.25, 0.3) is 0 Å². The summed E-state index contributed by atoms with van der Waals surface area (Å²) in [4.78, 5) is 10.9. The molecule has 1 aliphatic rings. The van der Waals surface area contributed by atoms with E-state index in [4.69, 9.17) is 4.74 Å². The number of carbonyl (C=O) groups excluding carboxylic acids is 1. The quantitative estimate of drug-likeness (QED) is 0.478. The molecule has 0 spiro atoms. The van der Waals surface area contributed by atoms with Crippen LogP contribution in [0.5, 0.6) is 0 Å². The monoisotopic (exact) mass is 140 g/mol. The predicted molar refractivity (Wildman–Crippen MR) is 38.5 cm³/mol. The van der Waals surface area contributed by atoms with Gasteiger partial charge in [0, 0.05) is 12.0 Å². The lowest BCUT2D eigenvalue weighted by atomic mass is 10.0. The normalized spacial score (nSPS) is 23.5. The fourth-order valence-electron chi connectivity index (χ4n) is 0.855. The van der Waals surface area contributed by atoms with Gasteiger partial charge in [-0.25, -0.2) is 4.79 Å². The molecule has 56 valence electrons. The molecule has 1 heterocycles. The summed E-state index contributed by atoms with van der Waals surface area (Å²) in [7, 11) is 0. The number of hydrogen-bond acceptors (Lipinski definition) is 2. The van der Waals surface area contributed by atoms with Gasteiger partial charge in [-0.3, -0.25) is 0 Å². The lowest BCUT2D eigenvalue weighted by Crippen LogP contribution is -2.31. The minimum absolute atomic E-state index is 0.184. The van der Waals surface area contributed by atoms with E-state index < -0.39 is 0 Å². The molecule has 0 fully saturated rings. The first-order valence-corrected chi connectivity index (χ1v) is 3.41. The first kappa shape index (κ1) is 7.32. The molecule has 0 amide bonds. The topological polar surface area (TPSA) is 26.3 Å². The summed E-state index contributed by atoms with van der Waals surface area (Å²) >= 11 is 0. The van der Waals surface area contributed by atoms with Gasteiger partial charge in [0.1, 0.15) is 5.60 Å². The Morgan fingerprint density at radius 2 is 2.20 bits per heavy atom. The van der Waals surface area contributed by atoms with Crippen LogP contribution in [0.2, 0.25) is 0 Å². The van der Waals surface area contributed by atoms with E-state index in [0.717, 1.165) is 12.0 Å². The average Bonchev–Trinajstić information content (AvgIpc) is 1.79. The first-order chi connectivity index (χ1) is 4.51. The standard InChI is InChI=1S/C8H12O2/c1-6-4-5-8(2,3)10-7(6)9/h4H,5H2,1-3H3. The molecule has 1 aliphatic heterocycles. The maximum absolute atomic E-state index is 10.9. The zero-order chi connectivity index (χ0) is 7.78. The van der Waals surface area contributed by atoms with E-state index in [1.54, 1.807) is 6.92 Å². The minimum atomic E-state index is -0.295. The predicted octanol–water partition coefficient (Wildman–Crippen LogP) is 1.66. The Morgan fingerprint density at radius 1 is 1.60 bits per heavy atom. The molecule has 0 atom stereocenters. The van der Waals surface area contributed by atoms with Crippen molar-refractivity contribution < 1.29 is 9.53 Å². The van der Waals surface area contributed by atoms with E-state index in [0.29, 0.717) is 0 Å². The zero-order valence-corrected chi connectivity index (χ0v) is 6.60. The number of carbonyl (C=O) groups is 1. The highest BCUT2D eigenvalue weighted by Crippen LogP contribution is 2.22. The molecule has 0 unspecified atom stereocenters. The van der Waals surface area contributed by atoms with E-state index in [1.807, 2.05) is 19.9 Å². The van der Waals surface area contributed by atoms with Gasteiger partial charge in [-0.2, -0.15) is 0 Å². The summed E-state index contributed by atoms with van der Waals surface area (Å²) in [5, 5.41) is 0. The van der Waals surface area contributed by atoms with Crippen LogP contribution in [0.1, 0.15) is 27.2 Å². The molecule has 10 heavy (non-hydrogen) atoms. The third-order valence-electron chi connectivity index (χ3n) is 1.59. The van der Waals surface area contributed by atoms with E-state index in [1.165, 1.54) is 0 Å². The lowest BCUT2D eigenvalue weighted by molar-refractivity contribution is -0.152. The molecular weight excluding hydrogens is 128 g/mol. The average molecular weight is 140 g/mol. The highest BCUT2D eigenvalue weighted by Gasteiger charge is 2.26. The van der Waals surface area contributed by atoms with Gasteiger partial charge >= 0.3 is 5.97 Å². The molecule has 0 N–H and O–H groups in total. The molecule has 0 saturated carbocycles. The first-order valence-electron chi connectivity index (χ1n) is 3.41. The van der Waals surface area contributed by atoms with Crippen molar-refractivity contribution in [2.45, 2.75) is 32.8 Å². The Bertz CT molecular complexity index is 189. The number of esters is 1. The van der Waals surface area contributed by atoms with Crippen LogP contribution in [0, 0.1) is 0 Å². The third kappa shape index (κ3) is 1.38. The molecule has 2 nitrogen and oxygen atoms in total. The van der Waals surface area contributed by atoms with Gasteiger partial charge in [0.15, 0.2) is 0 Å². The van der Waals surface area contributed by atoms with Crippen molar-refractivity contribution in [3.8, 4) is 0 Å². The van der Waals surface area contributed by atoms with Crippen molar-refractivity contribution in [3.63, 3.8) is 0 Å². The minimum Gasteiger partial charge on any atom is -0.456 e. The van der Waals surface area contributed by atoms with Crippen LogP contribution in [-0.4, -0.2) is 11.6 Å². The lowest BCUT2D eigenvalue weighted by Gasteiger charge is -2.27. The molecule has 0 radical (unpaired) electrons. The van der Waals surface area contributed by atoms with Crippen molar-refractivity contribution in [2.75, 3.05) is 0 Å². The maximum atomic E-state index is 10.9. The van der Waals surface area contributed by atoms with E-state index in [-0.39, 0.29) is 11.6 Å². The van der Waals surface area contributed by atoms with Gasteiger partial charge in [-0.05, 0) is 20.8 Å². The number of hydrogen-bond donors (Lipinski definition) is 0. The second-order valence-corrected chi connectivity index (χ2v) is 3.24. The smallest absolute Gasteiger partial charge is 0.333 e. The highest BCUT2D eigenvalue weighted by atomic mass is 16.6. The zero-order valence-electron chi connectivity index (χ0n) is 6.60. The Morgan fingerprint density at radius 3 is 2.60 bits per heavy atom. The fraction of sp³-hybridized carbons (Fsp3) is 0.625. The van der Waals surface area contributed by atoms with Gasteiger partial charge in [0.05, 0.1) is 0 Å². The van der Waals surface area contributed by atoms with Crippen molar-refractivity contribution in [1.29, 1.82) is 0 Å². The van der Waals surface area contributed by atoms with E-state index in [9.17, 15) is 4.79 Å². The number of ether oxygens (including phenoxy) is 1. The number of cyclic esters (lactones) is 1. The maximum Gasteiger partial charge on any atom is 0.333 e. The Hall–Kier alpha value is -0.790. The van der Waals surface area contributed by atoms with Crippen LogP contribution in [-0.2, 0) is 9.53 Å². The Kier molecular flexibility index (Phi) is 1.55. The largest absolute Gasteiger partial charge is 0.456 e. The van der Waals surface area contributed by atoms with Crippen LogP contribution in [0.4, 0.5) is 0 Å². The van der Waals surface area contributed by atoms with E-state index >= 15 is 0 Å². The number of rotatable bonds is 0. The van der Waals surface area contributed by atoms with Crippen molar-refractivity contribution >= 4 is 5.97 Å². The molecule has 0 saturated heterocycles. The van der Waals surface area contributed by atoms with Gasteiger partial charge in [0.2, 0.25) is 0 Å². The highest BCUT2D eigenvalue weighted by molar-refractivity contribution is 5.88. The molecule has 2 heteroatoms. The fourth-order valence-corrected chi connectivity index (χ4v) is 0.855. The van der Waals surface area contributed by atoms with Crippen molar-refractivity contribution in [1.82, 2.24) is 0 Å². The molecule has 1 rings (SSSR count).